The molecule has 160 valence electrons. The Labute approximate surface area is 178 Å². The average Bonchev–Trinajstić information content (AvgIpc) is 3.15. The van der Waals surface area contributed by atoms with Crippen LogP contribution in [0.2, 0.25) is 5.02 Å². The second-order valence-corrected chi connectivity index (χ2v) is 7.91. The standard InChI is InChI=1S/C21H33ClN6O/c1-15(2)28(16(3)4)14-6-12-24-21(23-5)25-13-11-19-26-20(27-29-19)17-7-9-18(22)10-8-17/h7-10,15-16H,6,11-14H2,1-5H3,(H2,23,24,25). The molecule has 2 rings (SSSR count). The number of benzene rings is 1. The fourth-order valence-electron chi connectivity index (χ4n) is 3.16. The van der Waals surface area contributed by atoms with Crippen molar-refractivity contribution in [2.24, 2.45) is 4.99 Å². The second-order valence-electron chi connectivity index (χ2n) is 7.47. The van der Waals surface area contributed by atoms with Crippen molar-refractivity contribution in [3.8, 4) is 11.4 Å². The van der Waals surface area contributed by atoms with E-state index in [0.717, 1.165) is 31.0 Å². The van der Waals surface area contributed by atoms with E-state index in [4.69, 9.17) is 16.1 Å². The molecule has 0 fully saturated rings. The lowest BCUT2D eigenvalue weighted by atomic mass is 10.2. The highest BCUT2D eigenvalue weighted by Crippen LogP contribution is 2.18. The maximum Gasteiger partial charge on any atom is 0.228 e. The molecule has 7 nitrogen and oxygen atoms in total. The van der Waals surface area contributed by atoms with Crippen LogP contribution in [-0.4, -0.2) is 59.8 Å². The van der Waals surface area contributed by atoms with Gasteiger partial charge in [-0.1, -0.05) is 16.8 Å². The van der Waals surface area contributed by atoms with Gasteiger partial charge in [0.1, 0.15) is 0 Å². The first-order valence-electron chi connectivity index (χ1n) is 10.2. The third kappa shape index (κ3) is 7.66. The predicted octanol–water partition coefficient (Wildman–Crippen LogP) is 3.61. The fraction of sp³-hybridized carbons (Fsp3) is 0.571. The van der Waals surface area contributed by atoms with E-state index >= 15 is 0 Å². The number of aliphatic imine (C=N–C) groups is 1. The van der Waals surface area contributed by atoms with Crippen molar-refractivity contribution in [1.29, 1.82) is 0 Å². The Balaban J connectivity index is 1.71. The molecule has 0 saturated heterocycles. The van der Waals surface area contributed by atoms with Gasteiger partial charge in [0.25, 0.3) is 0 Å². The lowest BCUT2D eigenvalue weighted by Crippen LogP contribution is -2.41. The van der Waals surface area contributed by atoms with Crippen molar-refractivity contribution in [3.63, 3.8) is 0 Å². The summed E-state index contributed by atoms with van der Waals surface area (Å²) in [6, 6.07) is 8.48. The van der Waals surface area contributed by atoms with Crippen LogP contribution in [0, 0.1) is 0 Å². The molecule has 2 aromatic rings. The second kappa shape index (κ2) is 11.8. The number of guanidine groups is 1. The minimum Gasteiger partial charge on any atom is -0.356 e. The van der Waals surface area contributed by atoms with E-state index in [-0.39, 0.29) is 0 Å². The minimum atomic E-state index is 0.555. The highest BCUT2D eigenvalue weighted by molar-refractivity contribution is 6.30. The van der Waals surface area contributed by atoms with Crippen LogP contribution in [0.1, 0.15) is 40.0 Å². The Morgan fingerprint density at radius 2 is 1.76 bits per heavy atom. The van der Waals surface area contributed by atoms with Crippen molar-refractivity contribution in [3.05, 3.63) is 35.2 Å². The molecule has 0 aliphatic heterocycles. The molecule has 0 aliphatic rings. The topological polar surface area (TPSA) is 78.6 Å². The number of hydrogen-bond acceptors (Lipinski definition) is 5. The SMILES string of the molecule is CN=C(NCCCN(C(C)C)C(C)C)NCCc1nc(-c2ccc(Cl)cc2)no1. The van der Waals surface area contributed by atoms with Gasteiger partial charge < -0.3 is 15.2 Å². The summed E-state index contributed by atoms with van der Waals surface area (Å²) in [5.74, 6) is 1.93. The number of rotatable bonds is 10. The largest absolute Gasteiger partial charge is 0.356 e. The lowest BCUT2D eigenvalue weighted by molar-refractivity contribution is 0.173. The van der Waals surface area contributed by atoms with Crippen LogP contribution < -0.4 is 10.6 Å². The highest BCUT2D eigenvalue weighted by atomic mass is 35.5. The van der Waals surface area contributed by atoms with Gasteiger partial charge in [-0.3, -0.25) is 9.89 Å². The van der Waals surface area contributed by atoms with E-state index in [2.05, 4.69) is 58.4 Å². The van der Waals surface area contributed by atoms with Gasteiger partial charge >= 0.3 is 0 Å². The zero-order valence-corrected chi connectivity index (χ0v) is 18.8. The minimum absolute atomic E-state index is 0.555. The molecular weight excluding hydrogens is 388 g/mol. The first-order chi connectivity index (χ1) is 13.9. The lowest BCUT2D eigenvalue weighted by Gasteiger charge is -2.30. The summed E-state index contributed by atoms with van der Waals surface area (Å²) in [5.41, 5.74) is 0.881. The average molecular weight is 421 g/mol. The van der Waals surface area contributed by atoms with Crippen molar-refractivity contribution in [1.82, 2.24) is 25.7 Å². The van der Waals surface area contributed by atoms with Crippen LogP contribution >= 0.6 is 11.6 Å². The van der Waals surface area contributed by atoms with Crippen LogP contribution in [0.15, 0.2) is 33.8 Å². The molecule has 0 saturated carbocycles. The number of hydrogen-bond donors (Lipinski definition) is 2. The van der Waals surface area contributed by atoms with E-state index in [1.54, 1.807) is 7.05 Å². The smallest absolute Gasteiger partial charge is 0.228 e. The zero-order valence-electron chi connectivity index (χ0n) is 18.1. The van der Waals surface area contributed by atoms with E-state index in [1.807, 2.05) is 24.3 Å². The van der Waals surface area contributed by atoms with Gasteiger partial charge in [0.15, 0.2) is 5.96 Å². The summed E-state index contributed by atoms with van der Waals surface area (Å²) in [7, 11) is 1.77. The molecule has 1 heterocycles. The quantitative estimate of drug-likeness (QED) is 0.347. The molecule has 1 aromatic carbocycles. The maximum absolute atomic E-state index is 5.91. The number of nitrogens with zero attached hydrogens (tertiary/aromatic N) is 4. The normalized spacial score (nSPS) is 12.2. The molecule has 1 aromatic heterocycles. The van der Waals surface area contributed by atoms with Gasteiger partial charge in [-0.2, -0.15) is 4.98 Å². The van der Waals surface area contributed by atoms with Crippen molar-refractivity contribution in [2.45, 2.75) is 52.6 Å². The Bertz CT molecular complexity index is 749. The molecule has 2 N–H and O–H groups in total. The Kier molecular flexibility index (Phi) is 9.41. The maximum atomic E-state index is 5.91. The third-order valence-corrected chi connectivity index (χ3v) is 4.89. The zero-order chi connectivity index (χ0) is 21.2. The first-order valence-corrected chi connectivity index (χ1v) is 10.6. The van der Waals surface area contributed by atoms with Crippen LogP contribution in [0.5, 0.6) is 0 Å². The Morgan fingerprint density at radius 1 is 1.10 bits per heavy atom. The monoisotopic (exact) mass is 420 g/mol. The molecule has 8 heteroatoms. The highest BCUT2D eigenvalue weighted by Gasteiger charge is 2.12. The van der Waals surface area contributed by atoms with E-state index < -0.39 is 0 Å². The third-order valence-electron chi connectivity index (χ3n) is 4.64. The van der Waals surface area contributed by atoms with E-state index in [0.29, 0.717) is 41.8 Å². The molecular formula is C21H33ClN6O. The molecule has 0 spiro atoms. The molecule has 0 bridgehead atoms. The van der Waals surface area contributed by atoms with Gasteiger partial charge in [-0.25, -0.2) is 0 Å². The number of halogens is 1. The molecule has 29 heavy (non-hydrogen) atoms. The van der Waals surface area contributed by atoms with E-state index in [9.17, 15) is 0 Å². The van der Waals surface area contributed by atoms with Gasteiger partial charge in [0.2, 0.25) is 11.7 Å². The molecule has 0 radical (unpaired) electrons. The summed E-state index contributed by atoms with van der Waals surface area (Å²) >= 11 is 5.91. The Morgan fingerprint density at radius 3 is 2.38 bits per heavy atom. The van der Waals surface area contributed by atoms with Crippen molar-refractivity contribution < 1.29 is 4.52 Å². The molecule has 0 aliphatic carbocycles. The summed E-state index contributed by atoms with van der Waals surface area (Å²) in [4.78, 5) is 11.2. The van der Waals surface area contributed by atoms with Gasteiger partial charge in [-0.05, 0) is 58.4 Å². The van der Waals surface area contributed by atoms with Crippen LogP contribution in [0.4, 0.5) is 0 Å². The summed E-state index contributed by atoms with van der Waals surface area (Å²) in [6.07, 6.45) is 1.68. The number of nitrogens with one attached hydrogen (secondary N) is 2. The van der Waals surface area contributed by atoms with Crippen LogP contribution in [0.25, 0.3) is 11.4 Å². The summed E-state index contributed by atoms with van der Waals surface area (Å²) in [5, 5.41) is 11.4. The van der Waals surface area contributed by atoms with Gasteiger partial charge in [0.05, 0.1) is 0 Å². The molecule has 0 unspecified atom stereocenters. The van der Waals surface area contributed by atoms with E-state index in [1.165, 1.54) is 0 Å². The van der Waals surface area contributed by atoms with Gasteiger partial charge in [0, 0.05) is 55.8 Å². The van der Waals surface area contributed by atoms with Crippen LogP contribution in [0.3, 0.4) is 0 Å². The predicted molar refractivity (Wildman–Crippen MR) is 119 cm³/mol. The fourth-order valence-corrected chi connectivity index (χ4v) is 3.29. The number of aromatic nitrogens is 2. The van der Waals surface area contributed by atoms with Crippen LogP contribution in [-0.2, 0) is 6.42 Å². The van der Waals surface area contributed by atoms with Crippen molar-refractivity contribution >= 4 is 17.6 Å². The Hall–Kier alpha value is -2.12. The molecule has 0 atom stereocenters. The summed E-state index contributed by atoms with van der Waals surface area (Å²) in [6.45, 7) is 11.6. The van der Waals surface area contributed by atoms with Gasteiger partial charge in [-0.15, -0.1) is 0 Å². The first kappa shape index (κ1) is 23.2. The molecule has 0 amide bonds. The van der Waals surface area contributed by atoms with Crippen molar-refractivity contribution in [2.75, 3.05) is 26.7 Å². The summed E-state index contributed by atoms with van der Waals surface area (Å²) < 4.78 is 5.33.